The van der Waals surface area contributed by atoms with Crippen molar-refractivity contribution in [2.75, 3.05) is 11.9 Å². The average Bonchev–Trinajstić information content (AvgIpc) is 3.43. The van der Waals surface area contributed by atoms with E-state index in [0.717, 1.165) is 16.6 Å². The molecular weight excluding hydrogens is 392 g/mol. The summed E-state index contributed by atoms with van der Waals surface area (Å²) in [5.41, 5.74) is 2.80. The zero-order chi connectivity index (χ0) is 22.6. The van der Waals surface area contributed by atoms with E-state index in [-0.39, 0.29) is 35.5 Å². The maximum Gasteiger partial charge on any atom is 0.235 e. The molecule has 0 aliphatic heterocycles. The smallest absolute Gasteiger partial charge is 0.235 e. The van der Waals surface area contributed by atoms with E-state index in [9.17, 15) is 20.1 Å². The highest BCUT2D eigenvalue weighted by Crippen LogP contribution is 2.50. The fourth-order valence-corrected chi connectivity index (χ4v) is 4.29. The van der Waals surface area contributed by atoms with Crippen molar-refractivity contribution < 1.29 is 20.1 Å². The molecule has 0 radical (unpaired) electrons. The first-order valence-corrected chi connectivity index (χ1v) is 10.7. The minimum Gasteiger partial charge on any atom is -0.504 e. The molecule has 4 N–H and O–H groups in total. The van der Waals surface area contributed by atoms with E-state index < -0.39 is 5.41 Å². The van der Waals surface area contributed by atoms with Crippen molar-refractivity contribution in [3.05, 3.63) is 53.7 Å². The topological polar surface area (TPSA) is 94.7 Å². The van der Waals surface area contributed by atoms with Crippen LogP contribution in [-0.4, -0.2) is 32.4 Å². The summed E-state index contributed by atoms with van der Waals surface area (Å²) in [7, 11) is 0. The van der Waals surface area contributed by atoms with Gasteiger partial charge in [0.25, 0.3) is 0 Å². The predicted octanol–water partition coefficient (Wildman–Crippen LogP) is 4.57. The van der Waals surface area contributed by atoms with Crippen molar-refractivity contribution in [3.8, 4) is 11.5 Å². The molecule has 1 heterocycles. The van der Waals surface area contributed by atoms with E-state index in [2.05, 4.69) is 36.7 Å². The second-order valence-electron chi connectivity index (χ2n) is 9.69. The van der Waals surface area contributed by atoms with Crippen LogP contribution in [0.15, 0.2) is 42.5 Å². The molecule has 164 valence electrons. The number of phenols is 2. The Hall–Kier alpha value is -2.99. The number of anilines is 1. The van der Waals surface area contributed by atoms with E-state index in [1.165, 1.54) is 12.1 Å². The molecule has 0 saturated heterocycles. The number of hydrogen-bond acceptors (Lipinski definition) is 4. The normalized spacial score (nSPS) is 16.3. The second kappa shape index (κ2) is 7.31. The Morgan fingerprint density at radius 1 is 1.10 bits per heavy atom. The standard InChI is InChI=1S/C25H30N2O4/c1-15(14-28)27-19-7-6-18(11-16(19)12-22(27)24(2,3)4)26-23(31)25(9-10-25)17-5-8-20(29)21(30)13-17/h5-8,11-13,15,28-30H,9-10,14H2,1-4H3,(H,26,31). The quantitative estimate of drug-likeness (QED) is 0.453. The number of rotatable bonds is 5. The minimum absolute atomic E-state index is 0.0490. The maximum absolute atomic E-state index is 13.1. The molecule has 1 atom stereocenters. The second-order valence-corrected chi connectivity index (χ2v) is 9.69. The molecule has 1 aliphatic carbocycles. The molecule has 6 nitrogen and oxygen atoms in total. The number of aliphatic hydroxyl groups is 1. The third kappa shape index (κ3) is 3.65. The molecule has 3 aromatic rings. The maximum atomic E-state index is 13.1. The summed E-state index contributed by atoms with van der Waals surface area (Å²) >= 11 is 0. The summed E-state index contributed by atoms with van der Waals surface area (Å²) in [6.07, 6.45) is 1.40. The molecule has 1 aromatic heterocycles. The molecule has 6 heteroatoms. The zero-order valence-electron chi connectivity index (χ0n) is 18.4. The number of aromatic hydroxyl groups is 2. The van der Waals surface area contributed by atoms with Gasteiger partial charge in [-0.2, -0.15) is 0 Å². The highest BCUT2D eigenvalue weighted by molar-refractivity contribution is 6.02. The Kier molecular flexibility index (Phi) is 5.01. The lowest BCUT2D eigenvalue weighted by Crippen LogP contribution is -2.27. The average molecular weight is 423 g/mol. The lowest BCUT2D eigenvalue weighted by Gasteiger charge is -2.25. The van der Waals surface area contributed by atoms with Crippen LogP contribution < -0.4 is 5.32 Å². The van der Waals surface area contributed by atoms with Crippen molar-refractivity contribution >= 4 is 22.5 Å². The van der Waals surface area contributed by atoms with Crippen LogP contribution in [0.3, 0.4) is 0 Å². The molecule has 0 spiro atoms. The Bertz CT molecular complexity index is 1150. The van der Waals surface area contributed by atoms with Gasteiger partial charge in [0, 0.05) is 27.7 Å². The number of carbonyl (C=O) groups excluding carboxylic acids is 1. The number of nitrogens with zero attached hydrogens (tertiary/aromatic N) is 1. The van der Waals surface area contributed by atoms with Crippen molar-refractivity contribution in [3.63, 3.8) is 0 Å². The summed E-state index contributed by atoms with van der Waals surface area (Å²) in [4.78, 5) is 13.1. The fourth-order valence-electron chi connectivity index (χ4n) is 4.29. The van der Waals surface area contributed by atoms with E-state index in [4.69, 9.17) is 0 Å². The predicted molar refractivity (Wildman–Crippen MR) is 122 cm³/mol. The number of nitrogens with one attached hydrogen (secondary N) is 1. The molecule has 1 fully saturated rings. The lowest BCUT2D eigenvalue weighted by atomic mass is 9.91. The molecule has 0 bridgehead atoms. The Balaban J connectivity index is 1.66. The monoisotopic (exact) mass is 422 g/mol. The summed E-state index contributed by atoms with van der Waals surface area (Å²) in [6.45, 7) is 8.49. The van der Waals surface area contributed by atoms with Gasteiger partial charge in [0.1, 0.15) is 0 Å². The number of hydrogen-bond donors (Lipinski definition) is 4. The van der Waals surface area contributed by atoms with Crippen molar-refractivity contribution in [2.45, 2.75) is 57.4 Å². The minimum atomic E-state index is -0.673. The van der Waals surface area contributed by atoms with Crippen LogP contribution >= 0.6 is 0 Å². The van der Waals surface area contributed by atoms with Crippen LogP contribution in [0.4, 0.5) is 5.69 Å². The third-order valence-electron chi connectivity index (χ3n) is 6.28. The lowest BCUT2D eigenvalue weighted by molar-refractivity contribution is -0.118. The molecule has 31 heavy (non-hydrogen) atoms. The highest BCUT2D eigenvalue weighted by Gasteiger charge is 2.51. The molecule has 1 aliphatic rings. The largest absolute Gasteiger partial charge is 0.504 e. The number of fused-ring (bicyclic) bond motifs is 1. The van der Waals surface area contributed by atoms with E-state index in [1.807, 2.05) is 25.1 Å². The third-order valence-corrected chi connectivity index (χ3v) is 6.28. The van der Waals surface area contributed by atoms with Crippen LogP contribution in [0, 0.1) is 0 Å². The Labute approximate surface area is 182 Å². The summed E-state index contributed by atoms with van der Waals surface area (Å²) in [5.74, 6) is -0.523. The van der Waals surface area contributed by atoms with Crippen LogP contribution in [0.1, 0.15) is 57.8 Å². The number of amides is 1. The molecule has 1 saturated carbocycles. The van der Waals surface area contributed by atoms with Gasteiger partial charge in [-0.15, -0.1) is 0 Å². The first-order chi connectivity index (χ1) is 14.6. The van der Waals surface area contributed by atoms with Gasteiger partial charge in [-0.25, -0.2) is 0 Å². The highest BCUT2D eigenvalue weighted by atomic mass is 16.3. The van der Waals surface area contributed by atoms with Crippen LogP contribution in [0.25, 0.3) is 10.9 Å². The first kappa shape index (κ1) is 21.2. The van der Waals surface area contributed by atoms with Gasteiger partial charge in [0.15, 0.2) is 11.5 Å². The Morgan fingerprint density at radius 2 is 1.81 bits per heavy atom. The van der Waals surface area contributed by atoms with Gasteiger partial charge < -0.3 is 25.2 Å². The van der Waals surface area contributed by atoms with Gasteiger partial charge >= 0.3 is 0 Å². The van der Waals surface area contributed by atoms with Crippen LogP contribution in [0.5, 0.6) is 11.5 Å². The van der Waals surface area contributed by atoms with Gasteiger partial charge in [0.05, 0.1) is 18.1 Å². The molecule has 2 aromatic carbocycles. The van der Waals surface area contributed by atoms with Crippen molar-refractivity contribution in [1.82, 2.24) is 4.57 Å². The van der Waals surface area contributed by atoms with Crippen molar-refractivity contribution in [1.29, 1.82) is 0 Å². The molecule has 1 amide bonds. The zero-order valence-corrected chi connectivity index (χ0v) is 18.4. The fraction of sp³-hybridized carbons (Fsp3) is 0.400. The number of aromatic nitrogens is 1. The van der Waals surface area contributed by atoms with Gasteiger partial charge in [-0.3, -0.25) is 4.79 Å². The number of phenolic OH excluding ortho intramolecular Hbond substituents is 2. The SMILES string of the molecule is CC(CO)n1c(C(C)(C)C)cc2cc(NC(=O)C3(c4ccc(O)c(O)c4)CC3)ccc21. The van der Waals surface area contributed by atoms with Crippen molar-refractivity contribution in [2.24, 2.45) is 0 Å². The summed E-state index contributed by atoms with van der Waals surface area (Å²) in [6, 6.07) is 12.5. The van der Waals surface area contributed by atoms with E-state index in [0.29, 0.717) is 24.1 Å². The number of benzene rings is 2. The first-order valence-electron chi connectivity index (χ1n) is 10.7. The van der Waals surface area contributed by atoms with Gasteiger partial charge in [-0.1, -0.05) is 26.8 Å². The van der Waals surface area contributed by atoms with Gasteiger partial charge in [0.2, 0.25) is 5.91 Å². The summed E-state index contributed by atoms with van der Waals surface area (Å²) in [5, 5.41) is 33.2. The molecule has 4 rings (SSSR count). The molecule has 1 unspecified atom stereocenters. The molecular formula is C25H30N2O4. The summed E-state index contributed by atoms with van der Waals surface area (Å²) < 4.78 is 2.17. The van der Waals surface area contributed by atoms with E-state index >= 15 is 0 Å². The van der Waals surface area contributed by atoms with Gasteiger partial charge in [-0.05, 0) is 61.7 Å². The number of carbonyl (C=O) groups is 1. The van der Waals surface area contributed by atoms with Crippen LogP contribution in [-0.2, 0) is 15.6 Å². The van der Waals surface area contributed by atoms with E-state index in [1.54, 1.807) is 6.07 Å². The van der Waals surface area contributed by atoms with Crippen LogP contribution in [0.2, 0.25) is 0 Å². The Morgan fingerprint density at radius 3 is 2.39 bits per heavy atom. The number of aliphatic hydroxyl groups excluding tert-OH is 1.